The Hall–Kier alpha value is -1.86. The van der Waals surface area contributed by atoms with Crippen molar-refractivity contribution in [3.05, 3.63) is 29.5 Å². The summed E-state index contributed by atoms with van der Waals surface area (Å²) in [6.07, 6.45) is 5.89. The number of allylic oxidation sites excluding steroid dienone is 2. The van der Waals surface area contributed by atoms with Gasteiger partial charge in [-0.25, -0.2) is 4.79 Å². The molecule has 0 aromatic carbocycles. The van der Waals surface area contributed by atoms with E-state index in [1.54, 1.807) is 32.9 Å². The summed E-state index contributed by atoms with van der Waals surface area (Å²) in [6, 6.07) is 0. The Morgan fingerprint density at radius 2 is 1.76 bits per heavy atom. The molecule has 0 amide bonds. The summed E-state index contributed by atoms with van der Waals surface area (Å²) in [5.41, 5.74) is 0.0528. The third-order valence-electron chi connectivity index (χ3n) is 2.89. The number of carbonyl (C=O) groups is 1. The Morgan fingerprint density at radius 3 is 2.14 bits per heavy atom. The molecule has 1 N–H and O–H groups in total. The maximum atomic E-state index is 12.3. The summed E-state index contributed by atoms with van der Waals surface area (Å²) in [4.78, 5) is 12.0. The number of rotatable bonds is 7. The lowest BCUT2D eigenvalue weighted by molar-refractivity contribution is -0.725. The normalized spacial score (nSPS) is 17.9. The van der Waals surface area contributed by atoms with Crippen LogP contribution in [0, 0.1) is 11.1 Å². The Labute approximate surface area is 123 Å². The Balaban J connectivity index is 3.13. The van der Waals surface area contributed by atoms with Crippen LogP contribution >= 0.6 is 0 Å². The molecule has 7 nitrogen and oxygen atoms in total. The maximum absolute atomic E-state index is 12.3. The number of ether oxygens (including phenoxy) is 3. The second-order valence-corrected chi connectivity index (χ2v) is 4.20. The lowest BCUT2D eigenvalue weighted by Gasteiger charge is -2.35. The second-order valence-electron chi connectivity index (χ2n) is 4.20. The molecule has 0 unspecified atom stereocenters. The highest BCUT2D eigenvalue weighted by Gasteiger charge is 2.48. The molecule has 1 rings (SSSR count). The van der Waals surface area contributed by atoms with E-state index < -0.39 is 17.7 Å². The van der Waals surface area contributed by atoms with E-state index in [2.05, 4.69) is 0 Å². The molecule has 0 aliphatic heterocycles. The van der Waals surface area contributed by atoms with E-state index in [-0.39, 0.29) is 30.4 Å². The zero-order chi connectivity index (χ0) is 15.9. The van der Waals surface area contributed by atoms with Crippen molar-refractivity contribution in [2.75, 3.05) is 19.8 Å². The van der Waals surface area contributed by atoms with E-state index in [4.69, 9.17) is 19.4 Å². The van der Waals surface area contributed by atoms with E-state index in [1.807, 2.05) is 0 Å². The summed E-state index contributed by atoms with van der Waals surface area (Å²) >= 11 is 0. The van der Waals surface area contributed by atoms with Gasteiger partial charge in [-0.15, -0.1) is 0 Å². The molecule has 0 saturated carbocycles. The molecule has 0 atom stereocenters. The predicted octanol–water partition coefficient (Wildman–Crippen LogP) is 1.40. The van der Waals surface area contributed by atoms with Crippen LogP contribution < -0.4 is 0 Å². The van der Waals surface area contributed by atoms with Crippen LogP contribution in [0.2, 0.25) is 0 Å². The summed E-state index contributed by atoms with van der Waals surface area (Å²) in [5, 5.41) is 19.7. The molecule has 0 bridgehead atoms. The summed E-state index contributed by atoms with van der Waals surface area (Å²) in [5.74, 6) is -2.79. The van der Waals surface area contributed by atoms with Crippen LogP contribution in [0.4, 0.5) is 0 Å². The fourth-order valence-electron chi connectivity index (χ4n) is 2.05. The van der Waals surface area contributed by atoms with Gasteiger partial charge in [0.05, 0.1) is 12.5 Å². The summed E-state index contributed by atoms with van der Waals surface area (Å²) in [7, 11) is 0. The molecule has 118 valence electrons. The molecule has 0 aromatic heterocycles. The SMILES string of the molecule is CCOC(=O)C(OCC)(OCC)C1C=CC(=[N+]([O-])O)C=C1. The number of esters is 1. The number of hydrogen-bond donors (Lipinski definition) is 1. The fraction of sp³-hybridized carbons (Fsp3) is 0.571. The van der Waals surface area contributed by atoms with Crippen molar-refractivity contribution in [1.82, 2.24) is 0 Å². The fourth-order valence-corrected chi connectivity index (χ4v) is 2.05. The molecule has 0 aromatic rings. The average Bonchev–Trinajstić information content (AvgIpc) is 2.47. The van der Waals surface area contributed by atoms with Crippen molar-refractivity contribution >= 4 is 11.7 Å². The van der Waals surface area contributed by atoms with Gasteiger partial charge in [-0.3, -0.25) is 5.21 Å². The van der Waals surface area contributed by atoms with E-state index in [0.29, 0.717) is 0 Å². The zero-order valence-corrected chi connectivity index (χ0v) is 12.4. The van der Waals surface area contributed by atoms with Gasteiger partial charge in [0.25, 0.3) is 11.5 Å². The second kappa shape index (κ2) is 7.80. The topological polar surface area (TPSA) is 91.1 Å². The molecule has 0 spiro atoms. The lowest BCUT2D eigenvalue weighted by atomic mass is 9.92. The molecule has 21 heavy (non-hydrogen) atoms. The predicted molar refractivity (Wildman–Crippen MR) is 74.8 cm³/mol. The molecule has 0 fully saturated rings. The summed E-state index contributed by atoms with van der Waals surface area (Å²) in [6.45, 7) is 5.88. The standard InChI is InChI=1S/C14H21NO6/c1-4-19-13(16)14(20-5-2,21-6-3)11-7-9-12(10-8-11)15(17)18/h7-11H,4-6H2,1-3H3,(H,17,18). The maximum Gasteiger partial charge on any atom is 0.367 e. The van der Waals surface area contributed by atoms with Crippen molar-refractivity contribution in [3.8, 4) is 0 Å². The molecule has 0 saturated heterocycles. The average molecular weight is 299 g/mol. The van der Waals surface area contributed by atoms with E-state index in [1.165, 1.54) is 12.2 Å². The molecular formula is C14H21NO6. The zero-order valence-electron chi connectivity index (χ0n) is 12.4. The van der Waals surface area contributed by atoms with Gasteiger partial charge in [-0.1, -0.05) is 12.2 Å². The number of carbonyl (C=O) groups excluding carboxylic acids is 1. The number of nitrogens with zero attached hydrogens (tertiary/aromatic N) is 1. The highest BCUT2D eigenvalue weighted by molar-refractivity contribution is 6.01. The van der Waals surface area contributed by atoms with Gasteiger partial charge in [-0.2, -0.15) is 0 Å². The minimum Gasteiger partial charge on any atom is -0.462 e. The molecule has 1 aliphatic carbocycles. The lowest BCUT2D eigenvalue weighted by Crippen LogP contribution is -2.51. The van der Waals surface area contributed by atoms with E-state index in [9.17, 15) is 10.0 Å². The Morgan fingerprint density at radius 1 is 1.24 bits per heavy atom. The van der Waals surface area contributed by atoms with Crippen LogP contribution in [0.25, 0.3) is 0 Å². The van der Waals surface area contributed by atoms with Crippen LogP contribution in [-0.2, 0) is 19.0 Å². The van der Waals surface area contributed by atoms with Gasteiger partial charge in [0.2, 0.25) is 0 Å². The van der Waals surface area contributed by atoms with Crippen molar-refractivity contribution in [1.29, 1.82) is 0 Å². The van der Waals surface area contributed by atoms with Crippen molar-refractivity contribution < 1.29 is 29.1 Å². The molecule has 0 heterocycles. The minimum absolute atomic E-state index is 0.0528. The van der Waals surface area contributed by atoms with Crippen molar-refractivity contribution in [2.45, 2.75) is 26.6 Å². The first kappa shape index (κ1) is 17.2. The first-order valence-electron chi connectivity index (χ1n) is 6.86. The van der Waals surface area contributed by atoms with E-state index >= 15 is 0 Å². The highest BCUT2D eigenvalue weighted by Crippen LogP contribution is 2.30. The third-order valence-corrected chi connectivity index (χ3v) is 2.89. The van der Waals surface area contributed by atoms with Gasteiger partial charge in [0.15, 0.2) is 0 Å². The van der Waals surface area contributed by atoms with Crippen LogP contribution in [0.5, 0.6) is 0 Å². The van der Waals surface area contributed by atoms with Crippen molar-refractivity contribution in [2.24, 2.45) is 5.92 Å². The molecule has 1 aliphatic rings. The molecular weight excluding hydrogens is 278 g/mol. The van der Waals surface area contributed by atoms with Crippen LogP contribution in [0.3, 0.4) is 0 Å². The first-order valence-corrected chi connectivity index (χ1v) is 6.86. The summed E-state index contributed by atoms with van der Waals surface area (Å²) < 4.78 is 16.2. The quantitative estimate of drug-likeness (QED) is 0.251. The van der Waals surface area contributed by atoms with Gasteiger partial charge in [-0.05, 0) is 20.8 Å². The number of hydrogen-bond acceptors (Lipinski definition) is 6. The Kier molecular flexibility index (Phi) is 6.39. The first-order chi connectivity index (χ1) is 10.0. The highest BCUT2D eigenvalue weighted by atomic mass is 16.8. The molecule has 7 heteroatoms. The minimum atomic E-state index is -1.60. The van der Waals surface area contributed by atoms with Crippen LogP contribution in [0.15, 0.2) is 24.3 Å². The van der Waals surface area contributed by atoms with Gasteiger partial charge in [0, 0.05) is 30.3 Å². The third kappa shape index (κ3) is 3.83. The van der Waals surface area contributed by atoms with Crippen molar-refractivity contribution in [3.63, 3.8) is 0 Å². The largest absolute Gasteiger partial charge is 0.462 e. The van der Waals surface area contributed by atoms with Gasteiger partial charge in [0.1, 0.15) is 0 Å². The Bertz CT molecular complexity index is 428. The van der Waals surface area contributed by atoms with Gasteiger partial charge >= 0.3 is 5.97 Å². The monoisotopic (exact) mass is 299 g/mol. The smallest absolute Gasteiger partial charge is 0.367 e. The van der Waals surface area contributed by atoms with Crippen LogP contribution in [-0.4, -0.2) is 47.4 Å². The van der Waals surface area contributed by atoms with Gasteiger partial charge < -0.3 is 19.4 Å². The van der Waals surface area contributed by atoms with E-state index in [0.717, 1.165) is 0 Å². The molecule has 0 radical (unpaired) electrons. The van der Waals surface area contributed by atoms with Crippen LogP contribution in [0.1, 0.15) is 20.8 Å².